The summed E-state index contributed by atoms with van der Waals surface area (Å²) < 4.78 is 0. The highest BCUT2D eigenvalue weighted by atomic mass is 16.1. The standard InChI is InChI=1S/C13H20N2O/c1-10(2)9-11-3-5-12(6-4-11)13(16)15-8-7-14/h3-6,10H,7-9,14H2,1-2H3,(H,15,16). The molecule has 1 aromatic carbocycles. The smallest absolute Gasteiger partial charge is 0.251 e. The van der Waals surface area contributed by atoms with Crippen molar-refractivity contribution in [1.82, 2.24) is 5.32 Å². The lowest BCUT2D eigenvalue weighted by Gasteiger charge is -2.06. The molecule has 0 aliphatic rings. The molecule has 0 bridgehead atoms. The lowest BCUT2D eigenvalue weighted by molar-refractivity contribution is 0.0955. The molecule has 16 heavy (non-hydrogen) atoms. The van der Waals surface area contributed by atoms with E-state index in [1.807, 2.05) is 24.3 Å². The zero-order chi connectivity index (χ0) is 12.0. The van der Waals surface area contributed by atoms with Crippen LogP contribution in [0.3, 0.4) is 0 Å². The zero-order valence-corrected chi connectivity index (χ0v) is 9.99. The fourth-order valence-corrected chi connectivity index (χ4v) is 1.55. The molecule has 3 nitrogen and oxygen atoms in total. The molecule has 0 atom stereocenters. The summed E-state index contributed by atoms with van der Waals surface area (Å²) in [6, 6.07) is 7.75. The summed E-state index contributed by atoms with van der Waals surface area (Å²) in [4.78, 5) is 11.6. The molecule has 0 unspecified atom stereocenters. The van der Waals surface area contributed by atoms with Crippen LogP contribution in [-0.4, -0.2) is 19.0 Å². The summed E-state index contributed by atoms with van der Waals surface area (Å²) in [6.07, 6.45) is 1.05. The highest BCUT2D eigenvalue weighted by Gasteiger charge is 2.04. The van der Waals surface area contributed by atoms with Crippen LogP contribution in [-0.2, 0) is 6.42 Å². The van der Waals surface area contributed by atoms with Crippen molar-refractivity contribution in [3.8, 4) is 0 Å². The Balaban J connectivity index is 2.60. The van der Waals surface area contributed by atoms with Crippen molar-refractivity contribution in [2.24, 2.45) is 11.7 Å². The maximum absolute atomic E-state index is 11.6. The van der Waals surface area contributed by atoms with Crippen LogP contribution in [0.2, 0.25) is 0 Å². The Morgan fingerprint density at radius 2 is 1.94 bits per heavy atom. The van der Waals surface area contributed by atoms with Gasteiger partial charge in [0.25, 0.3) is 5.91 Å². The van der Waals surface area contributed by atoms with E-state index in [-0.39, 0.29) is 5.91 Å². The van der Waals surface area contributed by atoms with E-state index in [1.165, 1.54) is 5.56 Å². The molecule has 0 aliphatic heterocycles. The van der Waals surface area contributed by atoms with Gasteiger partial charge in [0.1, 0.15) is 0 Å². The molecule has 0 fully saturated rings. The van der Waals surface area contributed by atoms with Gasteiger partial charge in [-0.15, -0.1) is 0 Å². The average Bonchev–Trinajstić information content (AvgIpc) is 2.26. The maximum Gasteiger partial charge on any atom is 0.251 e. The number of hydrogen-bond donors (Lipinski definition) is 2. The SMILES string of the molecule is CC(C)Cc1ccc(C(=O)NCCN)cc1. The van der Waals surface area contributed by atoms with Gasteiger partial charge in [-0.25, -0.2) is 0 Å². The number of carbonyl (C=O) groups is 1. The van der Waals surface area contributed by atoms with Crippen molar-refractivity contribution in [3.05, 3.63) is 35.4 Å². The van der Waals surface area contributed by atoms with Crippen molar-refractivity contribution in [3.63, 3.8) is 0 Å². The van der Waals surface area contributed by atoms with Gasteiger partial charge in [-0.2, -0.15) is 0 Å². The molecule has 0 saturated carbocycles. The van der Waals surface area contributed by atoms with Gasteiger partial charge in [-0.3, -0.25) is 4.79 Å². The number of hydrogen-bond acceptors (Lipinski definition) is 2. The normalized spacial score (nSPS) is 10.5. The van der Waals surface area contributed by atoms with Gasteiger partial charge in [-0.05, 0) is 30.0 Å². The van der Waals surface area contributed by atoms with Gasteiger partial charge < -0.3 is 11.1 Å². The second-order valence-electron chi connectivity index (χ2n) is 4.34. The molecule has 3 heteroatoms. The average molecular weight is 220 g/mol. The molecule has 0 heterocycles. The first kappa shape index (κ1) is 12.7. The third-order valence-electron chi connectivity index (χ3n) is 2.29. The van der Waals surface area contributed by atoms with Crippen LogP contribution < -0.4 is 11.1 Å². The molecular formula is C13H20N2O. The number of nitrogens with one attached hydrogen (secondary N) is 1. The van der Waals surface area contributed by atoms with Gasteiger partial charge in [0.05, 0.1) is 0 Å². The molecule has 0 radical (unpaired) electrons. The molecule has 1 amide bonds. The van der Waals surface area contributed by atoms with Crippen LogP contribution >= 0.6 is 0 Å². The molecule has 0 spiro atoms. The second kappa shape index (κ2) is 6.28. The Kier molecular flexibility index (Phi) is 4.99. The van der Waals surface area contributed by atoms with E-state index in [4.69, 9.17) is 5.73 Å². The number of benzene rings is 1. The molecule has 88 valence electrons. The van der Waals surface area contributed by atoms with Crippen molar-refractivity contribution >= 4 is 5.91 Å². The first-order valence-corrected chi connectivity index (χ1v) is 5.70. The number of rotatable bonds is 5. The quantitative estimate of drug-likeness (QED) is 0.791. The second-order valence-corrected chi connectivity index (χ2v) is 4.34. The third kappa shape index (κ3) is 4.03. The van der Waals surface area contributed by atoms with E-state index < -0.39 is 0 Å². The first-order valence-electron chi connectivity index (χ1n) is 5.70. The summed E-state index contributed by atoms with van der Waals surface area (Å²) in [5, 5.41) is 2.74. The van der Waals surface area contributed by atoms with Crippen molar-refractivity contribution in [2.45, 2.75) is 20.3 Å². The van der Waals surface area contributed by atoms with Gasteiger partial charge in [0.2, 0.25) is 0 Å². The van der Waals surface area contributed by atoms with Crippen LogP contribution in [0.5, 0.6) is 0 Å². The largest absolute Gasteiger partial charge is 0.351 e. The van der Waals surface area contributed by atoms with Gasteiger partial charge in [0.15, 0.2) is 0 Å². The monoisotopic (exact) mass is 220 g/mol. The third-order valence-corrected chi connectivity index (χ3v) is 2.29. The highest BCUT2D eigenvalue weighted by molar-refractivity contribution is 5.94. The van der Waals surface area contributed by atoms with E-state index >= 15 is 0 Å². The summed E-state index contributed by atoms with van der Waals surface area (Å²) in [6.45, 7) is 5.35. The minimum atomic E-state index is -0.0541. The van der Waals surface area contributed by atoms with Crippen LogP contribution in [0, 0.1) is 5.92 Å². The van der Waals surface area contributed by atoms with E-state index in [0.29, 0.717) is 24.6 Å². The predicted molar refractivity (Wildman–Crippen MR) is 66.4 cm³/mol. The molecule has 1 rings (SSSR count). The van der Waals surface area contributed by atoms with E-state index in [1.54, 1.807) is 0 Å². The molecular weight excluding hydrogens is 200 g/mol. The predicted octanol–water partition coefficient (Wildman–Crippen LogP) is 1.57. The maximum atomic E-state index is 11.6. The zero-order valence-electron chi connectivity index (χ0n) is 9.99. The Hall–Kier alpha value is -1.35. The minimum Gasteiger partial charge on any atom is -0.351 e. The number of nitrogens with two attached hydrogens (primary N) is 1. The van der Waals surface area contributed by atoms with Gasteiger partial charge in [-0.1, -0.05) is 26.0 Å². The molecule has 0 aromatic heterocycles. The van der Waals surface area contributed by atoms with Crippen molar-refractivity contribution in [1.29, 1.82) is 0 Å². The fourth-order valence-electron chi connectivity index (χ4n) is 1.55. The van der Waals surface area contributed by atoms with Gasteiger partial charge >= 0.3 is 0 Å². The van der Waals surface area contributed by atoms with E-state index in [2.05, 4.69) is 19.2 Å². The molecule has 0 aliphatic carbocycles. The minimum absolute atomic E-state index is 0.0541. The summed E-state index contributed by atoms with van der Waals surface area (Å²) in [7, 11) is 0. The van der Waals surface area contributed by atoms with E-state index in [9.17, 15) is 4.79 Å². The van der Waals surface area contributed by atoms with Crippen LogP contribution in [0.15, 0.2) is 24.3 Å². The number of carbonyl (C=O) groups excluding carboxylic acids is 1. The molecule has 3 N–H and O–H groups in total. The van der Waals surface area contributed by atoms with Crippen molar-refractivity contribution < 1.29 is 4.79 Å². The van der Waals surface area contributed by atoms with Gasteiger partial charge in [0, 0.05) is 18.7 Å². The van der Waals surface area contributed by atoms with Crippen LogP contribution in [0.25, 0.3) is 0 Å². The summed E-state index contributed by atoms with van der Waals surface area (Å²) in [5.74, 6) is 0.582. The molecule has 0 saturated heterocycles. The Bertz CT molecular complexity index is 330. The fraction of sp³-hybridized carbons (Fsp3) is 0.462. The lowest BCUT2D eigenvalue weighted by atomic mass is 10.0. The highest BCUT2D eigenvalue weighted by Crippen LogP contribution is 2.09. The van der Waals surface area contributed by atoms with Crippen LogP contribution in [0.4, 0.5) is 0 Å². The Morgan fingerprint density at radius 3 is 2.44 bits per heavy atom. The van der Waals surface area contributed by atoms with E-state index in [0.717, 1.165) is 6.42 Å². The lowest BCUT2D eigenvalue weighted by Crippen LogP contribution is -2.28. The first-order chi connectivity index (χ1) is 7.63. The van der Waals surface area contributed by atoms with Crippen molar-refractivity contribution in [2.75, 3.05) is 13.1 Å². The number of amides is 1. The van der Waals surface area contributed by atoms with Crippen LogP contribution in [0.1, 0.15) is 29.8 Å². The Labute approximate surface area is 97.0 Å². The molecule has 1 aromatic rings. The topological polar surface area (TPSA) is 55.1 Å². The summed E-state index contributed by atoms with van der Waals surface area (Å²) in [5.41, 5.74) is 7.28. The summed E-state index contributed by atoms with van der Waals surface area (Å²) >= 11 is 0. The Morgan fingerprint density at radius 1 is 1.31 bits per heavy atom.